The molecule has 0 atom stereocenters. The maximum absolute atomic E-state index is 13.4. The van der Waals surface area contributed by atoms with Crippen LogP contribution in [0.15, 0.2) is 18.2 Å². The number of nitrogens with zero attached hydrogens (tertiary/aromatic N) is 1. The molecule has 0 aliphatic carbocycles. The van der Waals surface area contributed by atoms with Gasteiger partial charge in [0.25, 0.3) is 0 Å². The Morgan fingerprint density at radius 2 is 1.88 bits per heavy atom. The van der Waals surface area contributed by atoms with Crippen LogP contribution in [-0.4, -0.2) is 23.9 Å². The van der Waals surface area contributed by atoms with Gasteiger partial charge < -0.3 is 4.90 Å². The van der Waals surface area contributed by atoms with Gasteiger partial charge in [0.15, 0.2) is 11.6 Å². The Kier molecular flexibility index (Phi) is 3.71. The van der Waals surface area contributed by atoms with Crippen molar-refractivity contribution < 1.29 is 13.6 Å². The zero-order valence-electron chi connectivity index (χ0n) is 9.59. The molecule has 1 aliphatic heterocycles. The van der Waals surface area contributed by atoms with Crippen LogP contribution in [0.25, 0.3) is 0 Å². The molecule has 1 aromatic rings. The molecule has 17 heavy (non-hydrogen) atoms. The summed E-state index contributed by atoms with van der Waals surface area (Å²) in [6.07, 6.45) is 3.08. The predicted octanol–water partition coefficient (Wildman–Crippen LogP) is 2.52. The van der Waals surface area contributed by atoms with Gasteiger partial charge in [-0.15, -0.1) is 0 Å². The molecular formula is C13H15F2NO. The summed E-state index contributed by atoms with van der Waals surface area (Å²) in [5.41, 5.74) is 0.139. The number of amides is 1. The highest BCUT2D eigenvalue weighted by atomic mass is 19.2. The van der Waals surface area contributed by atoms with Crippen LogP contribution in [0, 0.1) is 11.6 Å². The average Bonchev–Trinajstić information content (AvgIpc) is 2.36. The fourth-order valence-corrected chi connectivity index (χ4v) is 2.10. The Hall–Kier alpha value is -1.45. The van der Waals surface area contributed by atoms with Gasteiger partial charge in [-0.05, 0) is 25.3 Å². The minimum absolute atomic E-state index is 0.0520. The number of piperidine rings is 1. The van der Waals surface area contributed by atoms with Crippen molar-refractivity contribution in [1.29, 1.82) is 0 Å². The number of rotatable bonds is 2. The molecule has 1 heterocycles. The monoisotopic (exact) mass is 239 g/mol. The molecule has 0 N–H and O–H groups in total. The first-order valence-corrected chi connectivity index (χ1v) is 5.89. The van der Waals surface area contributed by atoms with Crippen LogP contribution < -0.4 is 0 Å². The number of benzene rings is 1. The topological polar surface area (TPSA) is 20.3 Å². The van der Waals surface area contributed by atoms with E-state index in [2.05, 4.69) is 0 Å². The van der Waals surface area contributed by atoms with Crippen LogP contribution in [0.2, 0.25) is 0 Å². The van der Waals surface area contributed by atoms with Crippen molar-refractivity contribution in [3.8, 4) is 0 Å². The van der Waals surface area contributed by atoms with Crippen LogP contribution >= 0.6 is 0 Å². The Morgan fingerprint density at radius 3 is 2.59 bits per heavy atom. The van der Waals surface area contributed by atoms with Gasteiger partial charge in [0, 0.05) is 18.7 Å². The number of carbonyl (C=O) groups excluding carboxylic acids is 1. The molecule has 1 aromatic carbocycles. The SMILES string of the molecule is O=C(Cc1cccc(F)c1F)N1CCCCC1. The van der Waals surface area contributed by atoms with Gasteiger partial charge in [0.05, 0.1) is 6.42 Å². The summed E-state index contributed by atoms with van der Waals surface area (Å²) in [5, 5.41) is 0. The van der Waals surface area contributed by atoms with Crippen molar-refractivity contribution in [3.63, 3.8) is 0 Å². The van der Waals surface area contributed by atoms with Crippen LogP contribution in [0.1, 0.15) is 24.8 Å². The Bertz CT molecular complexity index is 414. The molecule has 0 radical (unpaired) electrons. The van der Waals surface area contributed by atoms with E-state index in [9.17, 15) is 13.6 Å². The lowest BCUT2D eigenvalue weighted by Crippen LogP contribution is -2.36. The van der Waals surface area contributed by atoms with E-state index in [-0.39, 0.29) is 17.9 Å². The first kappa shape index (κ1) is 12.0. The van der Waals surface area contributed by atoms with Crippen LogP contribution in [0.5, 0.6) is 0 Å². The van der Waals surface area contributed by atoms with E-state index in [4.69, 9.17) is 0 Å². The second-order valence-electron chi connectivity index (χ2n) is 4.33. The predicted molar refractivity (Wildman–Crippen MR) is 60.5 cm³/mol. The van der Waals surface area contributed by atoms with Crippen LogP contribution in [-0.2, 0) is 11.2 Å². The lowest BCUT2D eigenvalue weighted by Gasteiger charge is -2.26. The summed E-state index contributed by atoms with van der Waals surface area (Å²) in [4.78, 5) is 13.6. The van der Waals surface area contributed by atoms with E-state index >= 15 is 0 Å². The zero-order chi connectivity index (χ0) is 12.3. The van der Waals surface area contributed by atoms with Crippen molar-refractivity contribution in [2.45, 2.75) is 25.7 Å². The molecule has 0 saturated carbocycles. The molecule has 0 aromatic heterocycles. The first-order chi connectivity index (χ1) is 8.18. The van der Waals surface area contributed by atoms with Gasteiger partial charge in [-0.1, -0.05) is 12.1 Å². The summed E-state index contributed by atoms with van der Waals surface area (Å²) in [6.45, 7) is 1.46. The summed E-state index contributed by atoms with van der Waals surface area (Å²) in [6, 6.07) is 3.95. The summed E-state index contributed by atoms with van der Waals surface area (Å²) in [7, 11) is 0. The van der Waals surface area contributed by atoms with Gasteiger partial charge in [-0.3, -0.25) is 4.79 Å². The average molecular weight is 239 g/mol. The Morgan fingerprint density at radius 1 is 1.18 bits per heavy atom. The molecule has 1 amide bonds. The number of hydrogen-bond donors (Lipinski definition) is 0. The minimum Gasteiger partial charge on any atom is -0.342 e. The first-order valence-electron chi connectivity index (χ1n) is 5.89. The van der Waals surface area contributed by atoms with E-state index in [0.717, 1.165) is 38.4 Å². The lowest BCUT2D eigenvalue weighted by atomic mass is 10.1. The second kappa shape index (κ2) is 5.25. The molecule has 1 fully saturated rings. The van der Waals surface area contributed by atoms with E-state index in [1.807, 2.05) is 0 Å². The van der Waals surface area contributed by atoms with Gasteiger partial charge in [-0.25, -0.2) is 8.78 Å². The van der Waals surface area contributed by atoms with Crippen molar-refractivity contribution in [3.05, 3.63) is 35.4 Å². The Balaban J connectivity index is 2.04. The smallest absolute Gasteiger partial charge is 0.227 e. The summed E-state index contributed by atoms with van der Waals surface area (Å²) < 4.78 is 26.4. The van der Waals surface area contributed by atoms with Gasteiger partial charge in [0.2, 0.25) is 5.91 Å². The quantitative estimate of drug-likeness (QED) is 0.776. The van der Waals surface area contributed by atoms with Crippen molar-refractivity contribution >= 4 is 5.91 Å². The van der Waals surface area contributed by atoms with Crippen LogP contribution in [0.3, 0.4) is 0 Å². The number of carbonyl (C=O) groups is 1. The maximum atomic E-state index is 13.4. The highest BCUT2D eigenvalue weighted by molar-refractivity contribution is 5.78. The number of halogens is 2. The summed E-state index contributed by atoms with van der Waals surface area (Å²) in [5.74, 6) is -1.92. The highest BCUT2D eigenvalue weighted by Gasteiger charge is 2.18. The van der Waals surface area contributed by atoms with Crippen LogP contribution in [0.4, 0.5) is 8.78 Å². The molecule has 0 bridgehead atoms. The molecule has 4 heteroatoms. The van der Waals surface area contributed by atoms with Gasteiger partial charge in [0.1, 0.15) is 0 Å². The zero-order valence-corrected chi connectivity index (χ0v) is 9.59. The number of hydrogen-bond acceptors (Lipinski definition) is 1. The van der Waals surface area contributed by atoms with E-state index in [0.29, 0.717) is 0 Å². The van der Waals surface area contributed by atoms with E-state index in [1.165, 1.54) is 12.1 Å². The van der Waals surface area contributed by atoms with Gasteiger partial charge >= 0.3 is 0 Å². The molecule has 2 nitrogen and oxygen atoms in total. The lowest BCUT2D eigenvalue weighted by molar-refractivity contribution is -0.131. The highest BCUT2D eigenvalue weighted by Crippen LogP contribution is 2.15. The van der Waals surface area contributed by atoms with Crippen molar-refractivity contribution in [1.82, 2.24) is 4.90 Å². The molecular weight excluding hydrogens is 224 g/mol. The molecule has 2 rings (SSSR count). The molecule has 1 saturated heterocycles. The second-order valence-corrected chi connectivity index (χ2v) is 4.33. The maximum Gasteiger partial charge on any atom is 0.227 e. The number of likely N-dealkylation sites (tertiary alicyclic amines) is 1. The normalized spacial score (nSPS) is 16.0. The van der Waals surface area contributed by atoms with E-state index in [1.54, 1.807) is 4.90 Å². The van der Waals surface area contributed by atoms with E-state index < -0.39 is 11.6 Å². The largest absolute Gasteiger partial charge is 0.342 e. The van der Waals surface area contributed by atoms with Crippen molar-refractivity contribution in [2.24, 2.45) is 0 Å². The third-order valence-electron chi connectivity index (χ3n) is 3.08. The third-order valence-corrected chi connectivity index (χ3v) is 3.08. The minimum atomic E-state index is -0.905. The molecule has 1 aliphatic rings. The fourth-order valence-electron chi connectivity index (χ4n) is 2.10. The van der Waals surface area contributed by atoms with Gasteiger partial charge in [-0.2, -0.15) is 0 Å². The summed E-state index contributed by atoms with van der Waals surface area (Å²) >= 11 is 0. The molecule has 0 unspecified atom stereocenters. The standard InChI is InChI=1S/C13H15F2NO/c14-11-6-4-5-10(13(11)15)9-12(17)16-7-2-1-3-8-16/h4-6H,1-3,7-9H2. The fraction of sp³-hybridized carbons (Fsp3) is 0.462. The Labute approximate surface area is 99.2 Å². The molecule has 92 valence electrons. The van der Waals surface area contributed by atoms with Crippen molar-refractivity contribution in [2.75, 3.05) is 13.1 Å². The molecule has 0 spiro atoms. The third kappa shape index (κ3) is 2.81.